The van der Waals surface area contributed by atoms with Gasteiger partial charge in [0.05, 0.1) is 17.1 Å². The van der Waals surface area contributed by atoms with Gasteiger partial charge in [-0.05, 0) is 47.5 Å². The lowest BCUT2D eigenvalue weighted by molar-refractivity contribution is 0.458. The van der Waals surface area contributed by atoms with E-state index in [1.165, 1.54) is 5.56 Å². The standard InChI is InChI=1S/C13H9NO2.C12H10O.Al/c15-11-7-3-1-5-9(11)13-14-10-6-2-4-8-12(10)16-13;13-12-8-6-11(7-9-12)10-4-2-1-3-5-10;/h1-8,15H;1-9,13H;/q;;+2/p-2. The van der Waals surface area contributed by atoms with E-state index in [1.807, 2.05) is 78.9 Å². The van der Waals surface area contributed by atoms with Crippen LogP contribution in [0.1, 0.15) is 0 Å². The largest absolute Gasteiger partial charge is 0.881 e. The van der Waals surface area contributed by atoms with Crippen molar-refractivity contribution in [2.75, 3.05) is 0 Å². The topological polar surface area (TPSA) is 44.5 Å². The molecule has 0 saturated carbocycles. The third-order valence-corrected chi connectivity index (χ3v) is 5.45. The average Bonchev–Trinajstić information content (AvgIpc) is 3.25. The maximum atomic E-state index is 5.97. The molecule has 0 unspecified atom stereocenters. The summed E-state index contributed by atoms with van der Waals surface area (Å²) in [5, 5.41) is 0. The van der Waals surface area contributed by atoms with E-state index in [0.29, 0.717) is 11.6 Å². The molecular formula is C25H17AlNO3. The highest BCUT2D eigenvalue weighted by molar-refractivity contribution is 6.21. The van der Waals surface area contributed by atoms with Crippen molar-refractivity contribution in [1.29, 1.82) is 0 Å². The number of hydrogen-bond donors (Lipinski definition) is 0. The molecule has 0 N–H and O–H groups in total. The summed E-state index contributed by atoms with van der Waals surface area (Å²) in [7, 11) is 0. The molecule has 0 aliphatic rings. The first kappa shape index (κ1) is 18.5. The van der Waals surface area contributed by atoms with Gasteiger partial charge in [0.15, 0.2) is 5.58 Å². The first-order valence-electron chi connectivity index (χ1n) is 9.62. The Balaban J connectivity index is 1.28. The number of para-hydroxylation sites is 3. The van der Waals surface area contributed by atoms with E-state index in [1.54, 1.807) is 0 Å². The van der Waals surface area contributed by atoms with Gasteiger partial charge in [-0.2, -0.15) is 0 Å². The molecule has 143 valence electrons. The molecule has 1 aromatic heterocycles. The Morgan fingerprint density at radius 1 is 0.633 bits per heavy atom. The number of benzene rings is 4. The number of rotatable bonds is 6. The van der Waals surface area contributed by atoms with Gasteiger partial charge in [-0.25, -0.2) is 4.98 Å². The van der Waals surface area contributed by atoms with Crippen LogP contribution in [0, 0.1) is 0 Å². The second-order valence-electron chi connectivity index (χ2n) is 6.71. The third-order valence-electron chi connectivity index (χ3n) is 4.73. The molecule has 0 amide bonds. The van der Waals surface area contributed by atoms with Crippen LogP contribution >= 0.6 is 0 Å². The summed E-state index contributed by atoms with van der Waals surface area (Å²) in [6.45, 7) is 0. The molecular weight excluding hydrogens is 389 g/mol. The predicted octanol–water partition coefficient (Wildman–Crippen LogP) is 6.15. The van der Waals surface area contributed by atoms with Crippen LogP contribution in [0.25, 0.3) is 33.7 Å². The van der Waals surface area contributed by atoms with E-state index in [2.05, 4.69) is 29.2 Å². The number of oxazole rings is 1. The summed E-state index contributed by atoms with van der Waals surface area (Å²) >= 11 is -0.737. The summed E-state index contributed by atoms with van der Waals surface area (Å²) < 4.78 is 17.7. The molecule has 0 bridgehead atoms. The van der Waals surface area contributed by atoms with Gasteiger partial charge >= 0.3 is 15.9 Å². The minimum absolute atomic E-state index is 0.540. The van der Waals surface area contributed by atoms with Gasteiger partial charge in [-0.3, -0.25) is 0 Å². The molecule has 30 heavy (non-hydrogen) atoms. The number of hydrogen-bond acceptors (Lipinski definition) is 4. The maximum absolute atomic E-state index is 5.97. The van der Waals surface area contributed by atoms with Crippen molar-refractivity contribution in [3.8, 4) is 34.1 Å². The molecule has 5 heteroatoms. The Morgan fingerprint density at radius 2 is 1.33 bits per heavy atom. The lowest BCUT2D eigenvalue weighted by Gasteiger charge is -2.11. The average molecular weight is 406 g/mol. The Bertz CT molecular complexity index is 1230. The summed E-state index contributed by atoms with van der Waals surface area (Å²) in [6, 6.07) is 33.7. The van der Waals surface area contributed by atoms with Crippen LogP contribution < -0.4 is 7.58 Å². The van der Waals surface area contributed by atoms with Crippen molar-refractivity contribution in [3.05, 3.63) is 103 Å². The zero-order chi connectivity index (χ0) is 20.2. The minimum atomic E-state index is -0.737. The van der Waals surface area contributed by atoms with Gasteiger partial charge in [0.1, 0.15) is 5.52 Å². The summed E-state index contributed by atoms with van der Waals surface area (Å²) in [5.41, 5.74) is 4.72. The first-order chi connectivity index (χ1) is 14.9. The zero-order valence-electron chi connectivity index (χ0n) is 16.1. The van der Waals surface area contributed by atoms with Crippen LogP contribution in [0.3, 0.4) is 0 Å². The summed E-state index contributed by atoms with van der Waals surface area (Å²) in [5.74, 6) is 2.02. The van der Waals surface area contributed by atoms with Gasteiger partial charge in [0.2, 0.25) is 5.89 Å². The smallest absolute Gasteiger partial charge is 0.616 e. The highest BCUT2D eigenvalue weighted by Crippen LogP contribution is 2.31. The Hall–Kier alpha value is -3.52. The van der Waals surface area contributed by atoms with Gasteiger partial charge in [-0.1, -0.05) is 66.7 Å². The number of nitrogens with zero attached hydrogens (tertiary/aromatic N) is 1. The number of fused-ring (bicyclic) bond motifs is 1. The van der Waals surface area contributed by atoms with Gasteiger partial charge in [-0.15, -0.1) is 0 Å². The molecule has 5 rings (SSSR count). The van der Waals surface area contributed by atoms with Gasteiger partial charge in [0.25, 0.3) is 0 Å². The van der Waals surface area contributed by atoms with E-state index in [-0.39, 0.29) is 0 Å². The molecule has 0 saturated heterocycles. The quantitative estimate of drug-likeness (QED) is 0.317. The predicted molar refractivity (Wildman–Crippen MR) is 118 cm³/mol. The van der Waals surface area contributed by atoms with E-state index in [9.17, 15) is 0 Å². The van der Waals surface area contributed by atoms with Gasteiger partial charge in [0, 0.05) is 0 Å². The van der Waals surface area contributed by atoms with Crippen molar-refractivity contribution < 1.29 is 12.0 Å². The highest BCUT2D eigenvalue weighted by Gasteiger charge is 2.15. The zero-order valence-corrected chi connectivity index (χ0v) is 17.2. The Labute approximate surface area is 181 Å². The second-order valence-corrected chi connectivity index (χ2v) is 7.37. The Morgan fingerprint density at radius 3 is 2.17 bits per heavy atom. The Kier molecular flexibility index (Phi) is 5.22. The summed E-state index contributed by atoms with van der Waals surface area (Å²) in [4.78, 5) is 4.57. The summed E-state index contributed by atoms with van der Waals surface area (Å²) in [6.07, 6.45) is 0. The van der Waals surface area contributed by atoms with Crippen molar-refractivity contribution in [1.82, 2.24) is 4.98 Å². The maximum Gasteiger partial charge on any atom is 0.881 e. The van der Waals surface area contributed by atoms with Crippen molar-refractivity contribution in [2.45, 2.75) is 0 Å². The van der Waals surface area contributed by atoms with E-state index in [4.69, 9.17) is 12.0 Å². The third kappa shape index (κ3) is 3.95. The molecule has 0 atom stereocenters. The van der Waals surface area contributed by atoms with Crippen LogP contribution in [0.2, 0.25) is 0 Å². The molecule has 0 spiro atoms. The van der Waals surface area contributed by atoms with Crippen LogP contribution in [-0.4, -0.2) is 20.9 Å². The van der Waals surface area contributed by atoms with Crippen LogP contribution in [0.5, 0.6) is 11.5 Å². The van der Waals surface area contributed by atoms with Crippen LogP contribution in [0.4, 0.5) is 0 Å². The highest BCUT2D eigenvalue weighted by atomic mass is 27.2. The lowest BCUT2D eigenvalue weighted by atomic mass is 10.1. The fourth-order valence-corrected chi connectivity index (χ4v) is 3.85. The first-order valence-corrected chi connectivity index (χ1v) is 10.6. The molecule has 0 fully saturated rings. The second kappa shape index (κ2) is 8.46. The van der Waals surface area contributed by atoms with E-state index < -0.39 is 15.9 Å². The van der Waals surface area contributed by atoms with Crippen molar-refractivity contribution in [2.24, 2.45) is 0 Å². The minimum Gasteiger partial charge on any atom is -0.616 e. The fourth-order valence-electron chi connectivity index (χ4n) is 3.22. The molecule has 4 nitrogen and oxygen atoms in total. The molecule has 5 aromatic rings. The van der Waals surface area contributed by atoms with Crippen LogP contribution in [-0.2, 0) is 0 Å². The molecule has 4 aromatic carbocycles. The van der Waals surface area contributed by atoms with Crippen molar-refractivity contribution in [3.63, 3.8) is 0 Å². The van der Waals surface area contributed by atoms with E-state index >= 15 is 0 Å². The SMILES string of the molecule is c1ccc(-c2ccc([O][Al][O]c3ccccc3-c3nc4ccccc4o3)cc2)cc1. The fraction of sp³-hybridized carbons (Fsp3) is 0. The van der Waals surface area contributed by atoms with Crippen LogP contribution in [0.15, 0.2) is 108 Å². The lowest BCUT2D eigenvalue weighted by Crippen LogP contribution is -2.11. The molecule has 1 radical (unpaired) electrons. The molecule has 0 aliphatic heterocycles. The van der Waals surface area contributed by atoms with Gasteiger partial charge < -0.3 is 12.0 Å². The monoisotopic (exact) mass is 406 g/mol. The molecule has 0 aliphatic carbocycles. The normalized spacial score (nSPS) is 10.7. The van der Waals surface area contributed by atoms with E-state index in [0.717, 1.165) is 28.0 Å². The molecule has 1 heterocycles. The van der Waals surface area contributed by atoms with Crippen molar-refractivity contribution >= 4 is 27.0 Å². The number of aromatic nitrogens is 1.